The maximum Gasteiger partial charge on any atom is 0.0334 e. The number of piperazine rings is 1. The lowest BCUT2D eigenvalue weighted by Gasteiger charge is -2.45. The molecule has 0 radical (unpaired) electrons. The second-order valence-corrected chi connectivity index (χ2v) is 4.80. The fourth-order valence-electron chi connectivity index (χ4n) is 2.67. The molecular weight excluding hydrogens is 160 g/mol. The molecule has 1 heterocycles. The van der Waals surface area contributed by atoms with Gasteiger partial charge >= 0.3 is 0 Å². The molecule has 1 unspecified atom stereocenters. The van der Waals surface area contributed by atoms with E-state index in [1.165, 1.54) is 45.4 Å². The van der Waals surface area contributed by atoms with Gasteiger partial charge in [0.15, 0.2) is 0 Å². The van der Waals surface area contributed by atoms with Gasteiger partial charge in [0.05, 0.1) is 0 Å². The van der Waals surface area contributed by atoms with Crippen LogP contribution in [-0.4, -0.2) is 36.6 Å². The van der Waals surface area contributed by atoms with Crippen LogP contribution in [0.25, 0.3) is 0 Å². The van der Waals surface area contributed by atoms with Gasteiger partial charge in [-0.25, -0.2) is 0 Å². The molecule has 0 amide bonds. The summed E-state index contributed by atoms with van der Waals surface area (Å²) in [6, 6.07) is 0. The highest BCUT2D eigenvalue weighted by Crippen LogP contribution is 2.43. The summed E-state index contributed by atoms with van der Waals surface area (Å²) in [5.74, 6) is 0.979. The van der Waals surface area contributed by atoms with Crippen molar-refractivity contribution in [1.29, 1.82) is 0 Å². The van der Waals surface area contributed by atoms with E-state index in [1.54, 1.807) is 0 Å². The van der Waals surface area contributed by atoms with Crippen molar-refractivity contribution in [1.82, 2.24) is 10.2 Å². The molecule has 0 aromatic heterocycles. The second-order valence-electron chi connectivity index (χ2n) is 4.80. The molecule has 1 saturated heterocycles. The minimum atomic E-state index is 0.480. The minimum Gasteiger partial charge on any atom is -0.314 e. The summed E-state index contributed by atoms with van der Waals surface area (Å²) < 4.78 is 0. The highest BCUT2D eigenvalue weighted by molar-refractivity contribution is 5.02. The van der Waals surface area contributed by atoms with Crippen LogP contribution in [0.3, 0.4) is 0 Å². The SMILES string of the molecule is CCCN1CCNCC1(C)C1CC1. The van der Waals surface area contributed by atoms with E-state index in [2.05, 4.69) is 24.1 Å². The van der Waals surface area contributed by atoms with Gasteiger partial charge in [-0.2, -0.15) is 0 Å². The Morgan fingerprint density at radius 1 is 1.46 bits per heavy atom. The van der Waals surface area contributed by atoms with Crippen molar-refractivity contribution in [2.45, 2.75) is 38.6 Å². The molecule has 0 spiro atoms. The van der Waals surface area contributed by atoms with Gasteiger partial charge in [0.25, 0.3) is 0 Å². The predicted molar refractivity (Wildman–Crippen MR) is 55.9 cm³/mol. The van der Waals surface area contributed by atoms with Crippen molar-refractivity contribution in [3.63, 3.8) is 0 Å². The molecule has 1 aliphatic carbocycles. The lowest BCUT2D eigenvalue weighted by Crippen LogP contribution is -2.60. The van der Waals surface area contributed by atoms with E-state index in [-0.39, 0.29) is 0 Å². The Balaban J connectivity index is 2.02. The Bertz CT molecular complexity index is 175. The summed E-state index contributed by atoms with van der Waals surface area (Å²) in [5.41, 5.74) is 0.480. The van der Waals surface area contributed by atoms with Crippen molar-refractivity contribution < 1.29 is 0 Å². The summed E-state index contributed by atoms with van der Waals surface area (Å²) >= 11 is 0. The predicted octanol–water partition coefficient (Wildman–Crippen LogP) is 1.47. The molecule has 76 valence electrons. The number of rotatable bonds is 3. The minimum absolute atomic E-state index is 0.480. The summed E-state index contributed by atoms with van der Waals surface area (Å²) in [4.78, 5) is 2.71. The third-order valence-electron chi connectivity index (χ3n) is 3.71. The van der Waals surface area contributed by atoms with Gasteiger partial charge in [-0.15, -0.1) is 0 Å². The Labute approximate surface area is 81.7 Å². The van der Waals surface area contributed by atoms with Crippen LogP contribution < -0.4 is 5.32 Å². The monoisotopic (exact) mass is 182 g/mol. The summed E-state index contributed by atoms with van der Waals surface area (Å²) in [5, 5.41) is 3.54. The lowest BCUT2D eigenvalue weighted by molar-refractivity contribution is 0.0561. The zero-order valence-corrected chi connectivity index (χ0v) is 8.97. The van der Waals surface area contributed by atoms with E-state index in [4.69, 9.17) is 0 Å². The van der Waals surface area contributed by atoms with Crippen molar-refractivity contribution in [2.75, 3.05) is 26.2 Å². The molecule has 2 heteroatoms. The van der Waals surface area contributed by atoms with Gasteiger partial charge in [0.2, 0.25) is 0 Å². The van der Waals surface area contributed by atoms with Crippen molar-refractivity contribution in [2.24, 2.45) is 5.92 Å². The van der Waals surface area contributed by atoms with Gasteiger partial charge in [-0.1, -0.05) is 6.92 Å². The summed E-state index contributed by atoms with van der Waals surface area (Å²) in [7, 11) is 0. The smallest absolute Gasteiger partial charge is 0.0334 e. The average Bonchev–Trinajstić information content (AvgIpc) is 2.92. The van der Waals surface area contributed by atoms with Gasteiger partial charge in [-0.05, 0) is 38.6 Å². The van der Waals surface area contributed by atoms with Crippen molar-refractivity contribution in [3.05, 3.63) is 0 Å². The van der Waals surface area contributed by atoms with Crippen molar-refractivity contribution in [3.8, 4) is 0 Å². The Morgan fingerprint density at radius 3 is 2.85 bits per heavy atom. The first-order valence-electron chi connectivity index (χ1n) is 5.73. The van der Waals surface area contributed by atoms with Crippen LogP contribution in [0.15, 0.2) is 0 Å². The maximum atomic E-state index is 3.54. The first-order valence-corrected chi connectivity index (χ1v) is 5.73. The fourth-order valence-corrected chi connectivity index (χ4v) is 2.67. The van der Waals surface area contributed by atoms with Crippen LogP contribution in [0.2, 0.25) is 0 Å². The largest absolute Gasteiger partial charge is 0.314 e. The molecule has 0 aromatic rings. The summed E-state index contributed by atoms with van der Waals surface area (Å²) in [6.07, 6.45) is 4.21. The molecule has 2 nitrogen and oxygen atoms in total. The molecule has 0 bridgehead atoms. The Kier molecular flexibility index (Phi) is 2.61. The number of nitrogens with zero attached hydrogens (tertiary/aromatic N) is 1. The van der Waals surface area contributed by atoms with Crippen LogP contribution in [0.4, 0.5) is 0 Å². The zero-order valence-electron chi connectivity index (χ0n) is 8.97. The second kappa shape index (κ2) is 3.58. The molecular formula is C11H22N2. The van der Waals surface area contributed by atoms with Crippen LogP contribution >= 0.6 is 0 Å². The number of nitrogens with one attached hydrogen (secondary N) is 1. The molecule has 2 rings (SSSR count). The first-order chi connectivity index (χ1) is 6.27. The van der Waals surface area contributed by atoms with E-state index < -0.39 is 0 Å². The molecule has 1 atom stereocenters. The topological polar surface area (TPSA) is 15.3 Å². The standard InChI is InChI=1S/C11H22N2/c1-3-7-13-8-6-12-9-11(13,2)10-4-5-10/h10,12H,3-9H2,1-2H3. The van der Waals surface area contributed by atoms with Gasteiger partial charge in [0.1, 0.15) is 0 Å². The van der Waals surface area contributed by atoms with E-state index in [0.717, 1.165) is 5.92 Å². The fraction of sp³-hybridized carbons (Fsp3) is 1.00. The zero-order chi connectivity index (χ0) is 9.31. The third kappa shape index (κ3) is 1.75. The highest BCUT2D eigenvalue weighted by Gasteiger charge is 2.46. The van der Waals surface area contributed by atoms with Crippen LogP contribution in [-0.2, 0) is 0 Å². The van der Waals surface area contributed by atoms with E-state index >= 15 is 0 Å². The summed E-state index contributed by atoms with van der Waals surface area (Å²) in [6.45, 7) is 9.66. The van der Waals surface area contributed by atoms with Gasteiger partial charge < -0.3 is 5.32 Å². The molecule has 2 fully saturated rings. The highest BCUT2D eigenvalue weighted by atomic mass is 15.3. The molecule has 1 saturated carbocycles. The third-order valence-corrected chi connectivity index (χ3v) is 3.71. The van der Waals surface area contributed by atoms with E-state index in [9.17, 15) is 0 Å². The molecule has 13 heavy (non-hydrogen) atoms. The quantitative estimate of drug-likeness (QED) is 0.711. The van der Waals surface area contributed by atoms with E-state index in [1.807, 2.05) is 0 Å². The van der Waals surface area contributed by atoms with Crippen LogP contribution in [0.5, 0.6) is 0 Å². The molecule has 1 N–H and O–H groups in total. The normalized spacial score (nSPS) is 36.5. The number of hydrogen-bond acceptors (Lipinski definition) is 2. The van der Waals surface area contributed by atoms with Crippen LogP contribution in [0, 0.1) is 5.92 Å². The lowest BCUT2D eigenvalue weighted by atomic mass is 9.91. The van der Waals surface area contributed by atoms with Crippen molar-refractivity contribution >= 4 is 0 Å². The molecule has 1 aliphatic heterocycles. The van der Waals surface area contributed by atoms with Gasteiger partial charge in [0, 0.05) is 25.2 Å². The Hall–Kier alpha value is -0.0800. The Morgan fingerprint density at radius 2 is 2.23 bits per heavy atom. The average molecular weight is 182 g/mol. The van der Waals surface area contributed by atoms with E-state index in [0.29, 0.717) is 5.54 Å². The van der Waals surface area contributed by atoms with Gasteiger partial charge in [-0.3, -0.25) is 4.90 Å². The number of hydrogen-bond donors (Lipinski definition) is 1. The maximum absolute atomic E-state index is 3.54. The molecule has 0 aromatic carbocycles. The molecule has 2 aliphatic rings. The van der Waals surface area contributed by atoms with Crippen LogP contribution in [0.1, 0.15) is 33.1 Å². The first kappa shape index (κ1) is 9.47.